The van der Waals surface area contributed by atoms with Crippen LogP contribution in [-0.4, -0.2) is 42.0 Å². The second-order valence-corrected chi connectivity index (χ2v) is 7.82. The maximum Gasteiger partial charge on any atom is 0.254 e. The number of halogens is 2. The van der Waals surface area contributed by atoms with E-state index in [2.05, 4.69) is 31.9 Å². The third-order valence-electron chi connectivity index (χ3n) is 4.25. The first-order valence-electron chi connectivity index (χ1n) is 7.96. The van der Waals surface area contributed by atoms with E-state index in [1.54, 1.807) is 28.4 Å². The first-order chi connectivity index (χ1) is 12.1. The third-order valence-corrected chi connectivity index (χ3v) is 5.82. The molecule has 0 saturated carbocycles. The van der Waals surface area contributed by atoms with Crippen molar-refractivity contribution in [2.75, 3.05) is 31.1 Å². The number of hydrogen-bond acceptors (Lipinski definition) is 4. The molecular formula is C18H15BrFN3OS. The van der Waals surface area contributed by atoms with E-state index in [4.69, 9.17) is 0 Å². The molecule has 2 heterocycles. The van der Waals surface area contributed by atoms with Gasteiger partial charge >= 0.3 is 0 Å². The first kappa shape index (κ1) is 16.5. The van der Waals surface area contributed by atoms with Gasteiger partial charge < -0.3 is 9.80 Å². The number of anilines is 1. The van der Waals surface area contributed by atoms with Gasteiger partial charge in [0.25, 0.3) is 5.91 Å². The Morgan fingerprint density at radius 2 is 1.92 bits per heavy atom. The number of hydrogen-bond donors (Lipinski definition) is 0. The average Bonchev–Trinajstić information content (AvgIpc) is 3.04. The Bertz CT molecular complexity index is 937. The summed E-state index contributed by atoms with van der Waals surface area (Å²) in [5.41, 5.74) is 1.39. The largest absolute Gasteiger partial charge is 0.345 e. The van der Waals surface area contributed by atoms with E-state index in [0.29, 0.717) is 18.7 Å². The van der Waals surface area contributed by atoms with Crippen molar-refractivity contribution in [2.45, 2.75) is 0 Å². The molecule has 0 bridgehead atoms. The molecule has 0 spiro atoms. The molecule has 0 aliphatic carbocycles. The van der Waals surface area contributed by atoms with Gasteiger partial charge in [0, 0.05) is 36.2 Å². The van der Waals surface area contributed by atoms with Crippen molar-refractivity contribution in [1.82, 2.24) is 9.88 Å². The monoisotopic (exact) mass is 419 g/mol. The van der Waals surface area contributed by atoms with Gasteiger partial charge in [-0.1, -0.05) is 33.3 Å². The Morgan fingerprint density at radius 3 is 2.68 bits per heavy atom. The van der Waals surface area contributed by atoms with E-state index in [-0.39, 0.29) is 11.7 Å². The van der Waals surface area contributed by atoms with Gasteiger partial charge in [0.15, 0.2) is 5.13 Å². The Kier molecular flexibility index (Phi) is 4.43. The Morgan fingerprint density at radius 1 is 1.12 bits per heavy atom. The predicted molar refractivity (Wildman–Crippen MR) is 102 cm³/mol. The van der Waals surface area contributed by atoms with E-state index >= 15 is 0 Å². The van der Waals surface area contributed by atoms with Gasteiger partial charge in [-0.15, -0.1) is 0 Å². The van der Waals surface area contributed by atoms with Crippen LogP contribution >= 0.6 is 27.3 Å². The van der Waals surface area contributed by atoms with Gasteiger partial charge in [0.05, 0.1) is 10.2 Å². The molecule has 4 nitrogen and oxygen atoms in total. The number of thiazole rings is 1. The Labute approximate surface area is 157 Å². The molecule has 0 unspecified atom stereocenters. The number of amides is 1. The van der Waals surface area contributed by atoms with Crippen molar-refractivity contribution in [1.29, 1.82) is 0 Å². The molecule has 0 radical (unpaired) electrons. The lowest BCUT2D eigenvalue weighted by atomic mass is 10.2. The van der Waals surface area contributed by atoms with Crippen molar-refractivity contribution in [3.63, 3.8) is 0 Å². The molecule has 1 aromatic heterocycles. The number of carbonyl (C=O) groups is 1. The molecule has 1 saturated heterocycles. The summed E-state index contributed by atoms with van der Waals surface area (Å²) in [7, 11) is 0. The van der Waals surface area contributed by atoms with Crippen LogP contribution < -0.4 is 4.90 Å². The highest BCUT2D eigenvalue weighted by Crippen LogP contribution is 2.31. The minimum Gasteiger partial charge on any atom is -0.345 e. The zero-order valence-electron chi connectivity index (χ0n) is 13.3. The van der Waals surface area contributed by atoms with E-state index in [0.717, 1.165) is 32.9 Å². The van der Waals surface area contributed by atoms with Crippen molar-refractivity contribution >= 4 is 48.5 Å². The smallest absolute Gasteiger partial charge is 0.254 e. The fraction of sp³-hybridized carbons (Fsp3) is 0.222. The number of benzene rings is 2. The molecule has 1 aliphatic heterocycles. The lowest BCUT2D eigenvalue weighted by Crippen LogP contribution is -2.48. The summed E-state index contributed by atoms with van der Waals surface area (Å²) in [5, 5.41) is 0.978. The molecular weight excluding hydrogens is 405 g/mol. The standard InChI is InChI=1S/C18H15BrFN3OS/c19-13-4-5-15-16(11-13)25-18(21-15)23-8-6-22(7-9-23)17(24)12-2-1-3-14(20)10-12/h1-5,10-11H,6-9H2. The molecule has 0 atom stereocenters. The third kappa shape index (κ3) is 3.39. The number of piperazine rings is 1. The van der Waals surface area contributed by atoms with E-state index in [1.807, 2.05) is 12.1 Å². The van der Waals surface area contributed by atoms with E-state index < -0.39 is 0 Å². The van der Waals surface area contributed by atoms with Crippen LogP contribution in [0.2, 0.25) is 0 Å². The van der Waals surface area contributed by atoms with Gasteiger partial charge in [0.2, 0.25) is 0 Å². The van der Waals surface area contributed by atoms with Crippen LogP contribution in [0.1, 0.15) is 10.4 Å². The van der Waals surface area contributed by atoms with E-state index in [1.165, 1.54) is 12.1 Å². The Hall–Kier alpha value is -1.99. The minimum absolute atomic E-state index is 0.118. The minimum atomic E-state index is -0.384. The van der Waals surface area contributed by atoms with Crippen LogP contribution in [0.5, 0.6) is 0 Å². The highest BCUT2D eigenvalue weighted by atomic mass is 79.9. The van der Waals surface area contributed by atoms with Gasteiger partial charge in [-0.3, -0.25) is 4.79 Å². The fourth-order valence-corrected chi connectivity index (χ4v) is 4.50. The summed E-state index contributed by atoms with van der Waals surface area (Å²) in [6.07, 6.45) is 0. The zero-order valence-corrected chi connectivity index (χ0v) is 15.7. The number of carbonyl (C=O) groups excluding carboxylic acids is 1. The lowest BCUT2D eigenvalue weighted by Gasteiger charge is -2.34. The molecule has 0 N–H and O–H groups in total. The van der Waals surface area contributed by atoms with Crippen LogP contribution in [0.4, 0.5) is 9.52 Å². The van der Waals surface area contributed by atoms with Crippen molar-refractivity contribution in [3.8, 4) is 0 Å². The van der Waals surface area contributed by atoms with Crippen LogP contribution in [0.3, 0.4) is 0 Å². The summed E-state index contributed by atoms with van der Waals surface area (Å²) in [6, 6.07) is 11.9. The van der Waals surface area contributed by atoms with Crippen LogP contribution in [0.15, 0.2) is 46.9 Å². The average molecular weight is 420 g/mol. The molecule has 1 aliphatic rings. The van der Waals surface area contributed by atoms with Crippen molar-refractivity contribution in [3.05, 3.63) is 58.3 Å². The van der Waals surface area contributed by atoms with Crippen molar-refractivity contribution < 1.29 is 9.18 Å². The summed E-state index contributed by atoms with van der Waals surface area (Å²) in [6.45, 7) is 2.66. The molecule has 1 fully saturated rings. The summed E-state index contributed by atoms with van der Waals surface area (Å²) < 4.78 is 15.5. The SMILES string of the molecule is O=C(c1cccc(F)c1)N1CCN(c2nc3ccc(Br)cc3s2)CC1. The fourth-order valence-electron chi connectivity index (χ4n) is 2.93. The summed E-state index contributed by atoms with van der Waals surface area (Å²) >= 11 is 5.14. The number of aromatic nitrogens is 1. The molecule has 7 heteroatoms. The molecule has 25 heavy (non-hydrogen) atoms. The van der Waals surface area contributed by atoms with Crippen LogP contribution in [-0.2, 0) is 0 Å². The molecule has 3 aromatic rings. The predicted octanol–water partition coefficient (Wildman–Crippen LogP) is 4.16. The number of fused-ring (bicyclic) bond motifs is 1. The second kappa shape index (κ2) is 6.72. The van der Waals surface area contributed by atoms with Crippen LogP contribution in [0, 0.1) is 5.82 Å². The van der Waals surface area contributed by atoms with Gasteiger partial charge in [0.1, 0.15) is 5.82 Å². The molecule has 128 valence electrons. The van der Waals surface area contributed by atoms with Gasteiger partial charge in [-0.05, 0) is 36.4 Å². The first-order valence-corrected chi connectivity index (χ1v) is 9.57. The quantitative estimate of drug-likeness (QED) is 0.625. The van der Waals surface area contributed by atoms with E-state index in [9.17, 15) is 9.18 Å². The Balaban J connectivity index is 1.46. The summed E-state index contributed by atoms with van der Waals surface area (Å²) in [4.78, 5) is 21.2. The second-order valence-electron chi connectivity index (χ2n) is 5.90. The number of nitrogens with zero attached hydrogens (tertiary/aromatic N) is 3. The highest BCUT2D eigenvalue weighted by Gasteiger charge is 2.24. The van der Waals surface area contributed by atoms with Gasteiger partial charge in [-0.2, -0.15) is 0 Å². The lowest BCUT2D eigenvalue weighted by molar-refractivity contribution is 0.0746. The maximum atomic E-state index is 13.3. The molecule has 4 rings (SSSR count). The molecule has 2 aromatic carbocycles. The normalized spacial score (nSPS) is 15.0. The van der Waals surface area contributed by atoms with Crippen molar-refractivity contribution in [2.24, 2.45) is 0 Å². The van der Waals surface area contributed by atoms with Gasteiger partial charge in [-0.25, -0.2) is 9.37 Å². The molecule has 1 amide bonds. The maximum absolute atomic E-state index is 13.3. The topological polar surface area (TPSA) is 36.4 Å². The van der Waals surface area contributed by atoms with Crippen LogP contribution in [0.25, 0.3) is 10.2 Å². The number of rotatable bonds is 2. The zero-order chi connectivity index (χ0) is 17.4. The highest BCUT2D eigenvalue weighted by molar-refractivity contribution is 9.10. The summed E-state index contributed by atoms with van der Waals surface area (Å²) in [5.74, 6) is -0.502.